The molecule has 1 aliphatic rings. The van der Waals surface area contributed by atoms with Gasteiger partial charge in [-0.15, -0.1) is 0 Å². The summed E-state index contributed by atoms with van der Waals surface area (Å²) in [6, 6.07) is 8.22. The van der Waals surface area contributed by atoms with Gasteiger partial charge in [-0.3, -0.25) is 0 Å². The van der Waals surface area contributed by atoms with Crippen molar-refractivity contribution in [3.8, 4) is 0 Å². The van der Waals surface area contributed by atoms with Crippen molar-refractivity contribution in [2.75, 3.05) is 11.9 Å². The maximum absolute atomic E-state index is 11.6. The van der Waals surface area contributed by atoms with Crippen LogP contribution in [0.5, 0.6) is 0 Å². The monoisotopic (exact) mass is 262 g/mol. The van der Waals surface area contributed by atoms with E-state index in [1.807, 2.05) is 19.1 Å². The summed E-state index contributed by atoms with van der Waals surface area (Å²) in [5.41, 5.74) is 7.52. The van der Waals surface area contributed by atoms with Crippen LogP contribution in [0.3, 0.4) is 0 Å². The lowest BCUT2D eigenvalue weighted by atomic mass is 10.2. The molecule has 1 fully saturated rings. The van der Waals surface area contributed by atoms with Crippen molar-refractivity contribution in [3.63, 3.8) is 0 Å². The second-order valence-corrected chi connectivity index (χ2v) is 5.13. The highest BCUT2D eigenvalue weighted by Crippen LogP contribution is 2.22. The van der Waals surface area contributed by atoms with E-state index in [1.165, 1.54) is 0 Å². The van der Waals surface area contributed by atoms with Crippen LogP contribution in [0.25, 0.3) is 0 Å². The van der Waals surface area contributed by atoms with Crippen molar-refractivity contribution in [2.24, 2.45) is 5.73 Å². The maximum atomic E-state index is 11.6. The van der Waals surface area contributed by atoms with Crippen LogP contribution in [-0.2, 0) is 4.74 Å². The molecule has 0 saturated heterocycles. The summed E-state index contributed by atoms with van der Waals surface area (Å²) in [5.74, 6) is -0.253. The third kappa shape index (κ3) is 3.96. The quantitative estimate of drug-likeness (QED) is 0.800. The van der Waals surface area contributed by atoms with Crippen LogP contribution in [0.4, 0.5) is 5.69 Å². The van der Waals surface area contributed by atoms with E-state index in [4.69, 9.17) is 10.5 Å². The van der Waals surface area contributed by atoms with E-state index in [-0.39, 0.29) is 5.97 Å². The molecule has 1 aromatic carbocycles. The highest BCUT2D eigenvalue weighted by molar-refractivity contribution is 5.89. The van der Waals surface area contributed by atoms with Gasteiger partial charge in [0.05, 0.1) is 12.2 Å². The van der Waals surface area contributed by atoms with E-state index in [9.17, 15) is 4.79 Å². The predicted molar refractivity (Wildman–Crippen MR) is 76.3 cm³/mol. The standard InChI is InChI=1S/C15H22N2O2/c1-2-9-19-15(18)11-3-6-13(7-4-11)17-14-8-5-12(16)10-14/h3-4,6-7,12,14,17H,2,5,8-10,16H2,1H3. The zero-order valence-electron chi connectivity index (χ0n) is 11.4. The minimum atomic E-state index is -0.253. The second-order valence-electron chi connectivity index (χ2n) is 5.13. The van der Waals surface area contributed by atoms with Gasteiger partial charge in [0.1, 0.15) is 0 Å². The predicted octanol–water partition coefficient (Wildman–Crippen LogP) is 2.55. The van der Waals surface area contributed by atoms with Crippen molar-refractivity contribution in [1.29, 1.82) is 0 Å². The van der Waals surface area contributed by atoms with Crippen LogP contribution in [0.1, 0.15) is 43.0 Å². The molecule has 1 saturated carbocycles. The van der Waals surface area contributed by atoms with Gasteiger partial charge in [0.15, 0.2) is 0 Å². The Kier molecular flexibility index (Phi) is 4.80. The Labute approximate surface area is 114 Å². The highest BCUT2D eigenvalue weighted by atomic mass is 16.5. The van der Waals surface area contributed by atoms with Gasteiger partial charge in [0, 0.05) is 17.8 Å². The Morgan fingerprint density at radius 2 is 2.11 bits per heavy atom. The number of nitrogens with one attached hydrogen (secondary N) is 1. The van der Waals surface area contributed by atoms with Gasteiger partial charge in [-0.1, -0.05) is 6.92 Å². The van der Waals surface area contributed by atoms with Crippen LogP contribution in [0.2, 0.25) is 0 Å². The summed E-state index contributed by atoms with van der Waals surface area (Å²) in [4.78, 5) is 11.6. The third-order valence-corrected chi connectivity index (χ3v) is 3.40. The van der Waals surface area contributed by atoms with Crippen LogP contribution in [-0.4, -0.2) is 24.7 Å². The van der Waals surface area contributed by atoms with Crippen LogP contribution < -0.4 is 11.1 Å². The molecule has 2 atom stereocenters. The lowest BCUT2D eigenvalue weighted by Gasteiger charge is -2.14. The Morgan fingerprint density at radius 1 is 1.37 bits per heavy atom. The van der Waals surface area contributed by atoms with E-state index < -0.39 is 0 Å². The largest absolute Gasteiger partial charge is 0.462 e. The van der Waals surface area contributed by atoms with E-state index in [1.54, 1.807) is 12.1 Å². The summed E-state index contributed by atoms with van der Waals surface area (Å²) >= 11 is 0. The van der Waals surface area contributed by atoms with Gasteiger partial charge in [-0.25, -0.2) is 4.79 Å². The number of esters is 1. The number of nitrogens with two attached hydrogens (primary N) is 1. The lowest BCUT2D eigenvalue weighted by Crippen LogP contribution is -2.20. The first-order valence-electron chi connectivity index (χ1n) is 6.98. The topological polar surface area (TPSA) is 64.3 Å². The van der Waals surface area contributed by atoms with Gasteiger partial charge in [0.2, 0.25) is 0 Å². The highest BCUT2D eigenvalue weighted by Gasteiger charge is 2.21. The smallest absolute Gasteiger partial charge is 0.338 e. The van der Waals surface area contributed by atoms with E-state index in [0.717, 1.165) is 31.4 Å². The van der Waals surface area contributed by atoms with Crippen LogP contribution in [0, 0.1) is 0 Å². The van der Waals surface area contributed by atoms with E-state index >= 15 is 0 Å². The van der Waals surface area contributed by atoms with Gasteiger partial charge >= 0.3 is 5.97 Å². The fraction of sp³-hybridized carbons (Fsp3) is 0.533. The summed E-state index contributed by atoms with van der Waals surface area (Å²) in [5, 5.41) is 3.45. The van der Waals surface area contributed by atoms with E-state index in [0.29, 0.717) is 24.3 Å². The van der Waals surface area contributed by atoms with Gasteiger partial charge in [0.25, 0.3) is 0 Å². The van der Waals surface area contributed by atoms with Crippen LogP contribution in [0.15, 0.2) is 24.3 Å². The normalized spacial score (nSPS) is 22.2. The van der Waals surface area contributed by atoms with Crippen molar-refractivity contribution in [1.82, 2.24) is 0 Å². The molecule has 1 aromatic rings. The summed E-state index contributed by atoms with van der Waals surface area (Å²) in [6.07, 6.45) is 4.05. The molecule has 0 aliphatic heterocycles. The molecule has 0 aromatic heterocycles. The van der Waals surface area contributed by atoms with Crippen molar-refractivity contribution < 1.29 is 9.53 Å². The number of carbonyl (C=O) groups excluding carboxylic acids is 1. The Hall–Kier alpha value is -1.55. The Balaban J connectivity index is 1.89. The minimum Gasteiger partial charge on any atom is -0.462 e. The fourth-order valence-electron chi connectivity index (χ4n) is 2.36. The average molecular weight is 262 g/mol. The van der Waals surface area contributed by atoms with Crippen molar-refractivity contribution in [3.05, 3.63) is 29.8 Å². The average Bonchev–Trinajstić information content (AvgIpc) is 2.82. The van der Waals surface area contributed by atoms with Gasteiger partial charge in [-0.2, -0.15) is 0 Å². The summed E-state index contributed by atoms with van der Waals surface area (Å²) in [7, 11) is 0. The third-order valence-electron chi connectivity index (χ3n) is 3.40. The second kappa shape index (κ2) is 6.57. The number of carbonyl (C=O) groups is 1. The first-order valence-corrected chi connectivity index (χ1v) is 6.98. The zero-order chi connectivity index (χ0) is 13.7. The molecular weight excluding hydrogens is 240 g/mol. The maximum Gasteiger partial charge on any atom is 0.338 e. The van der Waals surface area contributed by atoms with Crippen molar-refractivity contribution in [2.45, 2.75) is 44.7 Å². The zero-order valence-corrected chi connectivity index (χ0v) is 11.4. The number of hydrogen-bond donors (Lipinski definition) is 2. The number of benzene rings is 1. The molecule has 19 heavy (non-hydrogen) atoms. The molecule has 0 bridgehead atoms. The molecule has 0 amide bonds. The molecule has 1 aliphatic carbocycles. The SMILES string of the molecule is CCCOC(=O)c1ccc(NC2CCC(N)C2)cc1. The molecule has 0 spiro atoms. The Morgan fingerprint density at radius 3 is 2.68 bits per heavy atom. The molecule has 2 rings (SSSR count). The van der Waals surface area contributed by atoms with Gasteiger partial charge < -0.3 is 15.8 Å². The summed E-state index contributed by atoms with van der Waals surface area (Å²) in [6.45, 7) is 2.45. The molecule has 3 N–H and O–H groups in total. The summed E-state index contributed by atoms with van der Waals surface area (Å²) < 4.78 is 5.09. The molecule has 0 heterocycles. The van der Waals surface area contributed by atoms with Crippen molar-refractivity contribution >= 4 is 11.7 Å². The number of hydrogen-bond acceptors (Lipinski definition) is 4. The number of anilines is 1. The molecular formula is C15H22N2O2. The molecule has 4 nitrogen and oxygen atoms in total. The van der Waals surface area contributed by atoms with E-state index in [2.05, 4.69) is 5.32 Å². The first kappa shape index (κ1) is 13.9. The fourth-order valence-corrected chi connectivity index (χ4v) is 2.36. The van der Waals surface area contributed by atoms with Gasteiger partial charge in [-0.05, 0) is 49.9 Å². The first-order chi connectivity index (χ1) is 9.19. The molecule has 104 valence electrons. The number of rotatable bonds is 5. The minimum absolute atomic E-state index is 0.253. The number of ether oxygens (including phenoxy) is 1. The molecule has 0 radical (unpaired) electrons. The lowest BCUT2D eigenvalue weighted by molar-refractivity contribution is 0.0505. The molecule has 4 heteroatoms. The molecule has 2 unspecified atom stereocenters. The van der Waals surface area contributed by atoms with Crippen LogP contribution >= 0.6 is 0 Å². The Bertz CT molecular complexity index is 417.